The molecule has 0 radical (unpaired) electrons. The summed E-state index contributed by atoms with van der Waals surface area (Å²) in [4.78, 5) is 18.4. The van der Waals surface area contributed by atoms with Gasteiger partial charge < -0.3 is 4.90 Å². The zero-order valence-corrected chi connectivity index (χ0v) is 30.9. The van der Waals surface area contributed by atoms with Crippen LogP contribution in [0.4, 0.5) is 17.1 Å². The third-order valence-electron chi connectivity index (χ3n) is 11.0. The SMILES string of the molecule is c1ccc(-c2ccc3ccc4ccc(-c5cc6c(-c7ccccc7)nc7cc(N(c8ccccc8)c8ccccc8)ccc7c6c6ccccc56)nc4c3n2)cc1. The predicted molar refractivity (Wildman–Crippen MR) is 238 cm³/mol. The van der Waals surface area contributed by atoms with Crippen LogP contribution in [0.25, 0.3) is 88.0 Å². The highest BCUT2D eigenvalue weighted by molar-refractivity contribution is 6.25. The Morgan fingerprint density at radius 2 is 0.860 bits per heavy atom. The number of rotatable bonds is 6. The van der Waals surface area contributed by atoms with Crippen molar-refractivity contribution in [3.63, 3.8) is 0 Å². The highest BCUT2D eigenvalue weighted by Crippen LogP contribution is 2.44. The predicted octanol–water partition coefficient (Wildman–Crippen LogP) is 14.1. The number of hydrogen-bond donors (Lipinski definition) is 0. The van der Waals surface area contributed by atoms with Crippen molar-refractivity contribution >= 4 is 71.3 Å². The van der Waals surface area contributed by atoms with Gasteiger partial charge in [0.05, 0.1) is 33.6 Å². The van der Waals surface area contributed by atoms with Gasteiger partial charge in [-0.15, -0.1) is 0 Å². The molecule has 0 aliphatic carbocycles. The van der Waals surface area contributed by atoms with Crippen LogP contribution in [0, 0.1) is 0 Å². The van der Waals surface area contributed by atoms with Crippen LogP contribution in [0.2, 0.25) is 0 Å². The van der Waals surface area contributed by atoms with E-state index in [9.17, 15) is 0 Å². The Morgan fingerprint density at radius 1 is 0.333 bits per heavy atom. The second-order valence-electron chi connectivity index (χ2n) is 14.4. The first kappa shape index (κ1) is 32.7. The molecule has 266 valence electrons. The van der Waals surface area contributed by atoms with Crippen LogP contribution in [-0.4, -0.2) is 15.0 Å². The fourth-order valence-corrected chi connectivity index (χ4v) is 8.31. The molecule has 0 aliphatic rings. The summed E-state index contributed by atoms with van der Waals surface area (Å²) in [5.74, 6) is 0. The van der Waals surface area contributed by atoms with Crippen LogP contribution in [0.3, 0.4) is 0 Å². The monoisotopic (exact) mass is 726 g/mol. The molecular weight excluding hydrogens is 693 g/mol. The number of aromatic nitrogens is 3. The summed E-state index contributed by atoms with van der Waals surface area (Å²) in [5.41, 5.74) is 11.9. The Bertz CT molecular complexity index is 3240. The van der Waals surface area contributed by atoms with Gasteiger partial charge in [-0.05, 0) is 65.4 Å². The molecule has 11 aromatic rings. The normalized spacial score (nSPS) is 11.5. The topological polar surface area (TPSA) is 41.9 Å². The first-order valence-corrected chi connectivity index (χ1v) is 19.3. The second kappa shape index (κ2) is 13.6. The van der Waals surface area contributed by atoms with Gasteiger partial charge in [0, 0.05) is 60.7 Å². The molecule has 0 unspecified atom stereocenters. The van der Waals surface area contributed by atoms with Crippen LogP contribution in [0.15, 0.2) is 206 Å². The Labute approximate surface area is 330 Å². The van der Waals surface area contributed by atoms with Crippen LogP contribution in [-0.2, 0) is 0 Å². The molecule has 0 spiro atoms. The molecule has 0 saturated heterocycles. The second-order valence-corrected chi connectivity index (χ2v) is 14.4. The van der Waals surface area contributed by atoms with Gasteiger partial charge in [-0.1, -0.05) is 152 Å². The summed E-state index contributed by atoms with van der Waals surface area (Å²) in [6.45, 7) is 0. The van der Waals surface area contributed by atoms with E-state index in [0.29, 0.717) is 0 Å². The Balaban J connectivity index is 1.17. The van der Waals surface area contributed by atoms with Gasteiger partial charge in [0.1, 0.15) is 0 Å². The molecule has 57 heavy (non-hydrogen) atoms. The third kappa shape index (κ3) is 5.66. The number of nitrogens with zero attached hydrogens (tertiary/aromatic N) is 4. The smallest absolute Gasteiger partial charge is 0.0972 e. The van der Waals surface area contributed by atoms with Crippen LogP contribution in [0.5, 0.6) is 0 Å². The van der Waals surface area contributed by atoms with E-state index in [1.165, 1.54) is 5.39 Å². The van der Waals surface area contributed by atoms with Crippen molar-refractivity contribution in [3.05, 3.63) is 206 Å². The first-order chi connectivity index (χ1) is 28.3. The number of para-hydroxylation sites is 2. The van der Waals surface area contributed by atoms with Gasteiger partial charge >= 0.3 is 0 Å². The van der Waals surface area contributed by atoms with Gasteiger partial charge in [-0.3, -0.25) is 0 Å². The number of fused-ring (bicyclic) bond motifs is 8. The lowest BCUT2D eigenvalue weighted by Crippen LogP contribution is -2.09. The standard InChI is InChI=1S/C53H34N4/c1-5-15-35(16-6-1)47-31-27-37-25-26-38-28-32-48(55-53(38)52(37)54-47)45-34-46-50(43-24-14-13-23-42(43)45)44-30-29-41(33-49(44)56-51(46)36-17-7-2-8-18-36)57(39-19-9-3-10-20-39)40-21-11-4-12-22-40/h1-34H. The molecule has 4 heteroatoms. The molecule has 0 fully saturated rings. The van der Waals surface area contributed by atoms with E-state index in [0.717, 1.165) is 99.7 Å². The average Bonchev–Trinajstić information content (AvgIpc) is 3.29. The van der Waals surface area contributed by atoms with Crippen molar-refractivity contribution in [1.82, 2.24) is 15.0 Å². The van der Waals surface area contributed by atoms with Gasteiger partial charge in [-0.2, -0.15) is 0 Å². The van der Waals surface area contributed by atoms with Gasteiger partial charge in [0.2, 0.25) is 0 Å². The van der Waals surface area contributed by atoms with E-state index in [2.05, 4.69) is 205 Å². The van der Waals surface area contributed by atoms with E-state index in [1.807, 2.05) is 6.07 Å². The summed E-state index contributed by atoms with van der Waals surface area (Å²) < 4.78 is 0. The molecule has 8 aromatic carbocycles. The van der Waals surface area contributed by atoms with E-state index in [4.69, 9.17) is 15.0 Å². The molecule has 0 amide bonds. The number of pyridine rings is 3. The third-order valence-corrected chi connectivity index (χ3v) is 11.0. The largest absolute Gasteiger partial charge is 0.310 e. The van der Waals surface area contributed by atoms with Crippen LogP contribution < -0.4 is 4.90 Å². The quantitative estimate of drug-likeness (QED) is 0.160. The summed E-state index contributed by atoms with van der Waals surface area (Å²) in [5, 5.41) is 7.79. The first-order valence-electron chi connectivity index (χ1n) is 19.3. The molecule has 4 nitrogen and oxygen atoms in total. The highest BCUT2D eigenvalue weighted by Gasteiger charge is 2.20. The van der Waals surface area contributed by atoms with Crippen molar-refractivity contribution in [2.45, 2.75) is 0 Å². The minimum atomic E-state index is 0.890. The van der Waals surface area contributed by atoms with Crippen LogP contribution >= 0.6 is 0 Å². The van der Waals surface area contributed by atoms with Crippen LogP contribution in [0.1, 0.15) is 0 Å². The molecule has 0 N–H and O–H groups in total. The minimum Gasteiger partial charge on any atom is -0.310 e. The Morgan fingerprint density at radius 3 is 1.51 bits per heavy atom. The van der Waals surface area contributed by atoms with Crippen molar-refractivity contribution < 1.29 is 0 Å². The molecule has 3 heterocycles. The zero-order valence-electron chi connectivity index (χ0n) is 30.9. The fourth-order valence-electron chi connectivity index (χ4n) is 8.31. The molecule has 3 aromatic heterocycles. The number of hydrogen-bond acceptors (Lipinski definition) is 4. The Kier molecular flexibility index (Phi) is 7.78. The Hall–Kier alpha value is -7.69. The maximum atomic E-state index is 5.52. The van der Waals surface area contributed by atoms with E-state index in [1.54, 1.807) is 0 Å². The van der Waals surface area contributed by atoms with Crippen molar-refractivity contribution in [2.24, 2.45) is 0 Å². The summed E-state index contributed by atoms with van der Waals surface area (Å²) >= 11 is 0. The maximum Gasteiger partial charge on any atom is 0.0972 e. The van der Waals surface area contributed by atoms with Gasteiger partial charge in [0.15, 0.2) is 0 Å². The average molecular weight is 727 g/mol. The molecule has 0 bridgehead atoms. The fraction of sp³-hybridized carbons (Fsp3) is 0. The van der Waals surface area contributed by atoms with Crippen molar-refractivity contribution in [2.75, 3.05) is 4.90 Å². The summed E-state index contributed by atoms with van der Waals surface area (Å²) in [6, 6.07) is 72.5. The lowest BCUT2D eigenvalue weighted by molar-refractivity contribution is 1.28. The van der Waals surface area contributed by atoms with E-state index >= 15 is 0 Å². The molecule has 0 atom stereocenters. The summed E-state index contributed by atoms with van der Waals surface area (Å²) in [7, 11) is 0. The number of anilines is 3. The van der Waals surface area contributed by atoms with Gasteiger partial charge in [0.25, 0.3) is 0 Å². The summed E-state index contributed by atoms with van der Waals surface area (Å²) in [6.07, 6.45) is 0. The maximum absolute atomic E-state index is 5.52. The van der Waals surface area contributed by atoms with Gasteiger partial charge in [-0.25, -0.2) is 15.0 Å². The molecular formula is C53H34N4. The lowest BCUT2D eigenvalue weighted by atomic mass is 9.91. The number of benzene rings is 8. The highest BCUT2D eigenvalue weighted by atomic mass is 15.1. The van der Waals surface area contributed by atoms with Crippen molar-refractivity contribution in [1.29, 1.82) is 0 Å². The van der Waals surface area contributed by atoms with E-state index < -0.39 is 0 Å². The molecule has 11 rings (SSSR count). The molecule has 0 saturated carbocycles. The minimum absolute atomic E-state index is 0.890. The molecule has 0 aliphatic heterocycles. The van der Waals surface area contributed by atoms with E-state index in [-0.39, 0.29) is 0 Å². The zero-order chi connectivity index (χ0) is 37.7. The van der Waals surface area contributed by atoms with Crippen molar-refractivity contribution in [3.8, 4) is 33.8 Å². The lowest BCUT2D eigenvalue weighted by Gasteiger charge is -2.26.